The number of nitrogens with two attached hydrogens (primary N) is 1. The van der Waals surface area contributed by atoms with Gasteiger partial charge in [-0.1, -0.05) is 5.16 Å². The van der Waals surface area contributed by atoms with Gasteiger partial charge < -0.3 is 20.6 Å². The van der Waals surface area contributed by atoms with Crippen molar-refractivity contribution in [3.8, 4) is 0 Å². The maximum atomic E-state index is 11.7. The number of amidine groups is 1. The van der Waals surface area contributed by atoms with Gasteiger partial charge >= 0.3 is 6.18 Å². The summed E-state index contributed by atoms with van der Waals surface area (Å²) >= 11 is 0. The number of carbonyl (C=O) groups is 1. The summed E-state index contributed by atoms with van der Waals surface area (Å²) in [5.74, 6) is -0.627. The Kier molecular flexibility index (Phi) is 6.45. The van der Waals surface area contributed by atoms with Crippen LogP contribution in [0.3, 0.4) is 0 Å². The molecule has 0 spiro atoms. The molecule has 0 rings (SSSR count). The number of carbonyl (C=O) groups excluding carboxylic acids is 1. The van der Waals surface area contributed by atoms with Crippen molar-refractivity contribution in [3.63, 3.8) is 0 Å². The lowest BCUT2D eigenvalue weighted by molar-refractivity contribution is -0.175. The zero-order valence-corrected chi connectivity index (χ0v) is 10.1. The van der Waals surface area contributed by atoms with Gasteiger partial charge in [-0.25, -0.2) is 0 Å². The number of nitrogens with zero attached hydrogens (tertiary/aromatic N) is 2. The zero-order chi connectivity index (χ0) is 14.3. The van der Waals surface area contributed by atoms with Gasteiger partial charge in [0.25, 0.3) is 0 Å². The van der Waals surface area contributed by atoms with Gasteiger partial charge in [-0.2, -0.15) is 13.2 Å². The lowest BCUT2D eigenvalue weighted by Gasteiger charge is -2.23. The SMILES string of the molecule is CC(C(N)=NO)N(C)C(=O)CCOCC(F)(F)F. The number of likely N-dealkylation sites (N-methyl/N-ethyl adjacent to an activating group) is 1. The predicted octanol–water partition coefficient (Wildman–Crippen LogP) is 0.549. The predicted molar refractivity (Wildman–Crippen MR) is 57.1 cm³/mol. The van der Waals surface area contributed by atoms with Gasteiger partial charge in [0.1, 0.15) is 6.61 Å². The van der Waals surface area contributed by atoms with Crippen molar-refractivity contribution in [2.45, 2.75) is 25.6 Å². The third-order valence-electron chi connectivity index (χ3n) is 2.24. The Morgan fingerprint density at radius 3 is 2.56 bits per heavy atom. The molecule has 0 fully saturated rings. The number of hydrogen-bond donors (Lipinski definition) is 2. The first-order chi connectivity index (χ1) is 8.19. The van der Waals surface area contributed by atoms with Crippen molar-refractivity contribution in [2.75, 3.05) is 20.3 Å². The van der Waals surface area contributed by atoms with E-state index in [0.717, 1.165) is 4.90 Å². The molecule has 0 aliphatic rings. The Labute approximate surface area is 102 Å². The maximum Gasteiger partial charge on any atom is 0.411 e. The maximum absolute atomic E-state index is 11.7. The molecule has 0 aromatic carbocycles. The van der Waals surface area contributed by atoms with Crippen molar-refractivity contribution in [3.05, 3.63) is 0 Å². The second kappa shape index (κ2) is 7.04. The second-order valence-electron chi connectivity index (χ2n) is 3.62. The molecule has 6 nitrogen and oxygen atoms in total. The van der Waals surface area contributed by atoms with Gasteiger partial charge in [-0.15, -0.1) is 0 Å². The van der Waals surface area contributed by atoms with Crippen molar-refractivity contribution in [2.24, 2.45) is 10.9 Å². The number of amides is 1. The van der Waals surface area contributed by atoms with E-state index in [0.29, 0.717) is 0 Å². The van der Waals surface area contributed by atoms with Gasteiger partial charge in [-0.3, -0.25) is 4.79 Å². The molecule has 0 bridgehead atoms. The summed E-state index contributed by atoms with van der Waals surface area (Å²) in [7, 11) is 1.40. The van der Waals surface area contributed by atoms with Crippen LogP contribution in [0.5, 0.6) is 0 Å². The summed E-state index contributed by atoms with van der Waals surface area (Å²) in [6, 6.07) is -0.648. The molecule has 3 N–H and O–H groups in total. The fourth-order valence-electron chi connectivity index (χ4n) is 1.02. The molecule has 106 valence electrons. The zero-order valence-electron chi connectivity index (χ0n) is 10.1. The summed E-state index contributed by atoms with van der Waals surface area (Å²) in [4.78, 5) is 12.7. The first-order valence-corrected chi connectivity index (χ1v) is 5.06. The average Bonchev–Trinajstić information content (AvgIpc) is 2.30. The van der Waals surface area contributed by atoms with Crippen LogP contribution < -0.4 is 5.73 Å². The Morgan fingerprint density at radius 1 is 1.56 bits per heavy atom. The number of hydrogen-bond acceptors (Lipinski definition) is 4. The standard InChI is InChI=1S/C9H16F3N3O3/c1-6(8(13)14-17)15(2)7(16)3-4-18-5-9(10,11)12/h6,17H,3-5H2,1-2H3,(H2,13,14). The fraction of sp³-hybridized carbons (Fsp3) is 0.778. The normalized spacial score (nSPS) is 14.4. The second-order valence-corrected chi connectivity index (χ2v) is 3.62. The average molecular weight is 271 g/mol. The van der Waals surface area contributed by atoms with E-state index in [1.54, 1.807) is 0 Å². The van der Waals surface area contributed by atoms with Crippen molar-refractivity contribution in [1.29, 1.82) is 0 Å². The molecular formula is C9H16F3N3O3. The summed E-state index contributed by atoms with van der Waals surface area (Å²) < 4.78 is 39.5. The molecule has 18 heavy (non-hydrogen) atoms. The lowest BCUT2D eigenvalue weighted by Crippen LogP contribution is -2.44. The van der Waals surface area contributed by atoms with Gasteiger partial charge in [0, 0.05) is 7.05 Å². The molecule has 0 saturated heterocycles. The highest BCUT2D eigenvalue weighted by Crippen LogP contribution is 2.14. The molecule has 1 atom stereocenters. The van der Waals surface area contributed by atoms with E-state index in [-0.39, 0.29) is 18.9 Å². The van der Waals surface area contributed by atoms with Crippen LogP contribution in [0.4, 0.5) is 13.2 Å². The van der Waals surface area contributed by atoms with Crippen LogP contribution in [0, 0.1) is 0 Å². The highest BCUT2D eigenvalue weighted by Gasteiger charge is 2.27. The van der Waals surface area contributed by atoms with E-state index in [1.165, 1.54) is 14.0 Å². The van der Waals surface area contributed by atoms with E-state index in [9.17, 15) is 18.0 Å². The summed E-state index contributed by atoms with van der Waals surface area (Å²) in [6.07, 6.45) is -4.62. The molecular weight excluding hydrogens is 255 g/mol. The minimum atomic E-state index is -4.41. The minimum Gasteiger partial charge on any atom is -0.409 e. The third-order valence-corrected chi connectivity index (χ3v) is 2.24. The molecule has 1 amide bonds. The monoisotopic (exact) mass is 271 g/mol. The van der Waals surface area contributed by atoms with Crippen LogP contribution in [0.1, 0.15) is 13.3 Å². The van der Waals surface area contributed by atoms with E-state index in [1.807, 2.05) is 0 Å². The molecule has 1 unspecified atom stereocenters. The molecule has 0 radical (unpaired) electrons. The third kappa shape index (κ3) is 6.28. The number of ether oxygens (including phenoxy) is 1. The molecule has 0 aliphatic heterocycles. The quantitative estimate of drug-likeness (QED) is 0.243. The van der Waals surface area contributed by atoms with Crippen molar-refractivity contribution in [1.82, 2.24) is 4.90 Å². The van der Waals surface area contributed by atoms with Crippen LogP contribution in [-0.2, 0) is 9.53 Å². The van der Waals surface area contributed by atoms with Gasteiger partial charge in [0.15, 0.2) is 5.84 Å². The van der Waals surface area contributed by atoms with Crippen LogP contribution in [-0.4, -0.2) is 54.3 Å². The van der Waals surface area contributed by atoms with Gasteiger partial charge in [-0.05, 0) is 6.92 Å². The Morgan fingerprint density at radius 2 is 2.11 bits per heavy atom. The van der Waals surface area contributed by atoms with Crippen LogP contribution in [0.2, 0.25) is 0 Å². The van der Waals surface area contributed by atoms with Gasteiger partial charge in [0.05, 0.1) is 19.1 Å². The number of oxime groups is 1. The smallest absolute Gasteiger partial charge is 0.409 e. The number of rotatable bonds is 6. The van der Waals surface area contributed by atoms with Crippen molar-refractivity contribution >= 4 is 11.7 Å². The highest BCUT2D eigenvalue weighted by atomic mass is 19.4. The van der Waals surface area contributed by atoms with E-state index < -0.39 is 24.7 Å². The van der Waals surface area contributed by atoms with Crippen LogP contribution in [0.15, 0.2) is 5.16 Å². The topological polar surface area (TPSA) is 88.2 Å². The fourth-order valence-corrected chi connectivity index (χ4v) is 1.02. The van der Waals surface area contributed by atoms with E-state index in [4.69, 9.17) is 10.9 Å². The molecule has 9 heteroatoms. The summed E-state index contributed by atoms with van der Waals surface area (Å²) in [5, 5.41) is 11.2. The first-order valence-electron chi connectivity index (χ1n) is 5.06. The number of halogens is 3. The Balaban J connectivity index is 4.03. The Bertz CT molecular complexity index is 307. The molecule has 0 heterocycles. The summed E-state index contributed by atoms with van der Waals surface area (Å²) in [5.41, 5.74) is 5.29. The van der Waals surface area contributed by atoms with Crippen molar-refractivity contribution < 1.29 is 27.9 Å². The Hall–Kier alpha value is -1.51. The van der Waals surface area contributed by atoms with Gasteiger partial charge in [0.2, 0.25) is 5.91 Å². The van der Waals surface area contributed by atoms with E-state index >= 15 is 0 Å². The summed E-state index contributed by atoms with van der Waals surface area (Å²) in [6.45, 7) is -0.213. The highest BCUT2D eigenvalue weighted by molar-refractivity contribution is 5.89. The van der Waals surface area contributed by atoms with E-state index in [2.05, 4.69) is 9.89 Å². The van der Waals surface area contributed by atoms with Crippen LogP contribution >= 0.6 is 0 Å². The molecule has 0 aliphatic carbocycles. The van der Waals surface area contributed by atoms with Crippen LogP contribution in [0.25, 0.3) is 0 Å². The molecule has 0 saturated carbocycles. The minimum absolute atomic E-state index is 0.165. The molecule has 0 aromatic rings. The lowest BCUT2D eigenvalue weighted by atomic mass is 10.2. The number of alkyl halides is 3. The molecule has 0 aromatic heterocycles. The largest absolute Gasteiger partial charge is 0.411 e. The first kappa shape index (κ1) is 16.5.